The Morgan fingerprint density at radius 2 is 1.29 bits per heavy atom. The first kappa shape index (κ1) is 18.5. The number of hydrogen-bond donors (Lipinski definition) is 0. The number of ether oxygens (including phenoxy) is 1. The van der Waals surface area contributed by atoms with Gasteiger partial charge in [-0.15, -0.1) is 0 Å². The maximum Gasteiger partial charge on any atom is 0.210 e. The number of rotatable bonds is 7. The zero-order valence-corrected chi connectivity index (χ0v) is 15.9. The van der Waals surface area contributed by atoms with E-state index in [4.69, 9.17) is 4.74 Å². The first-order valence-corrected chi connectivity index (χ1v) is 9.86. The van der Waals surface area contributed by atoms with Gasteiger partial charge in [0, 0.05) is 6.54 Å². The second-order valence-corrected chi connectivity index (χ2v) is 7.23. The van der Waals surface area contributed by atoms with E-state index in [1.165, 1.54) is 0 Å². The molecule has 0 spiro atoms. The number of carbonyl (C=O) groups is 1. The van der Waals surface area contributed by atoms with Crippen LogP contribution in [0.4, 0.5) is 0 Å². The number of likely N-dealkylation sites (tertiary alicyclic amines) is 1. The summed E-state index contributed by atoms with van der Waals surface area (Å²) in [6.45, 7) is 1.31. The van der Waals surface area contributed by atoms with Crippen LogP contribution in [0.15, 0.2) is 91.0 Å². The van der Waals surface area contributed by atoms with E-state index in [-0.39, 0.29) is 6.04 Å². The van der Waals surface area contributed by atoms with E-state index in [9.17, 15) is 4.79 Å². The Morgan fingerprint density at radius 1 is 0.821 bits per heavy atom. The molecule has 1 fully saturated rings. The SMILES string of the molecule is O=CN1CCC[C@H]1COC(c1ccccc1)(c1ccccc1)c1ccccc1. The molecule has 1 atom stereocenters. The van der Waals surface area contributed by atoms with Gasteiger partial charge in [0.25, 0.3) is 0 Å². The summed E-state index contributed by atoms with van der Waals surface area (Å²) >= 11 is 0. The normalized spacial score (nSPS) is 16.9. The molecule has 1 aliphatic heterocycles. The first-order valence-electron chi connectivity index (χ1n) is 9.86. The summed E-state index contributed by atoms with van der Waals surface area (Å²) in [5.74, 6) is 0. The van der Waals surface area contributed by atoms with Gasteiger partial charge in [0.1, 0.15) is 5.60 Å². The monoisotopic (exact) mass is 371 g/mol. The summed E-state index contributed by atoms with van der Waals surface area (Å²) in [7, 11) is 0. The molecule has 3 aromatic rings. The lowest BCUT2D eigenvalue weighted by Crippen LogP contribution is -2.39. The topological polar surface area (TPSA) is 29.5 Å². The summed E-state index contributed by atoms with van der Waals surface area (Å²) in [4.78, 5) is 13.3. The highest BCUT2D eigenvalue weighted by molar-refractivity contribution is 5.49. The fourth-order valence-corrected chi connectivity index (χ4v) is 4.17. The molecule has 1 saturated heterocycles. The Kier molecular flexibility index (Phi) is 5.54. The smallest absolute Gasteiger partial charge is 0.210 e. The third-order valence-corrected chi connectivity index (χ3v) is 5.59. The molecule has 1 heterocycles. The lowest BCUT2D eigenvalue weighted by molar-refractivity contribution is -0.120. The Hall–Kier alpha value is -2.91. The zero-order chi connectivity index (χ0) is 19.2. The van der Waals surface area contributed by atoms with Crippen LogP contribution in [0.1, 0.15) is 29.5 Å². The second kappa shape index (κ2) is 8.41. The predicted molar refractivity (Wildman–Crippen MR) is 111 cm³/mol. The number of benzene rings is 3. The second-order valence-electron chi connectivity index (χ2n) is 7.23. The molecule has 0 unspecified atom stereocenters. The van der Waals surface area contributed by atoms with Crippen LogP contribution < -0.4 is 0 Å². The van der Waals surface area contributed by atoms with Crippen molar-refractivity contribution < 1.29 is 9.53 Å². The molecular formula is C25H25NO2. The lowest BCUT2D eigenvalue weighted by atomic mass is 9.80. The Morgan fingerprint density at radius 3 is 1.71 bits per heavy atom. The van der Waals surface area contributed by atoms with Gasteiger partial charge in [0.2, 0.25) is 6.41 Å². The van der Waals surface area contributed by atoms with Crippen LogP contribution in [0.25, 0.3) is 0 Å². The fourth-order valence-electron chi connectivity index (χ4n) is 4.17. The number of amides is 1. The van der Waals surface area contributed by atoms with Crippen molar-refractivity contribution in [1.29, 1.82) is 0 Å². The molecule has 0 saturated carbocycles. The van der Waals surface area contributed by atoms with Crippen molar-refractivity contribution in [3.8, 4) is 0 Å². The minimum Gasteiger partial charge on any atom is -0.359 e. The minimum atomic E-state index is -0.721. The molecule has 1 aliphatic rings. The summed E-state index contributed by atoms with van der Waals surface area (Å²) in [5, 5.41) is 0. The molecule has 3 aromatic carbocycles. The van der Waals surface area contributed by atoms with E-state index in [0.29, 0.717) is 6.61 Å². The third kappa shape index (κ3) is 3.46. The van der Waals surface area contributed by atoms with Gasteiger partial charge in [-0.1, -0.05) is 91.0 Å². The molecule has 3 nitrogen and oxygen atoms in total. The van der Waals surface area contributed by atoms with E-state index in [1.807, 2.05) is 59.5 Å². The van der Waals surface area contributed by atoms with Crippen molar-refractivity contribution in [3.05, 3.63) is 108 Å². The molecule has 0 N–H and O–H groups in total. The molecule has 3 heteroatoms. The van der Waals surface area contributed by atoms with E-state index in [2.05, 4.69) is 36.4 Å². The van der Waals surface area contributed by atoms with Crippen molar-refractivity contribution in [2.45, 2.75) is 24.5 Å². The van der Waals surface area contributed by atoms with Crippen LogP contribution in [0.2, 0.25) is 0 Å². The van der Waals surface area contributed by atoms with Crippen molar-refractivity contribution >= 4 is 6.41 Å². The van der Waals surface area contributed by atoms with Crippen molar-refractivity contribution in [2.24, 2.45) is 0 Å². The van der Waals surface area contributed by atoms with Gasteiger partial charge in [-0.25, -0.2) is 0 Å². The molecule has 0 bridgehead atoms. The van der Waals surface area contributed by atoms with E-state index >= 15 is 0 Å². The Labute approximate surface area is 166 Å². The standard InChI is InChI=1S/C25H25NO2/c27-20-26-18-10-17-24(26)19-28-25(21-11-4-1-5-12-21,22-13-6-2-7-14-22)23-15-8-3-9-16-23/h1-9,11-16,20,24H,10,17-19H2/t24-/m0/s1. The molecule has 0 radical (unpaired) electrons. The van der Waals surface area contributed by atoms with Crippen molar-refractivity contribution in [2.75, 3.05) is 13.2 Å². The van der Waals surface area contributed by atoms with Crippen molar-refractivity contribution in [3.63, 3.8) is 0 Å². The quantitative estimate of drug-likeness (QED) is 0.448. The Balaban J connectivity index is 1.82. The van der Waals surface area contributed by atoms with Gasteiger partial charge in [-0.3, -0.25) is 4.79 Å². The molecule has 0 aromatic heterocycles. The highest BCUT2D eigenvalue weighted by atomic mass is 16.5. The van der Waals surface area contributed by atoms with E-state index in [0.717, 1.165) is 42.5 Å². The van der Waals surface area contributed by atoms with Crippen LogP contribution in [-0.2, 0) is 15.1 Å². The highest BCUT2D eigenvalue weighted by Crippen LogP contribution is 2.40. The van der Waals surface area contributed by atoms with E-state index < -0.39 is 5.60 Å². The van der Waals surface area contributed by atoms with E-state index in [1.54, 1.807) is 0 Å². The van der Waals surface area contributed by atoms with Gasteiger partial charge in [0.15, 0.2) is 0 Å². The maximum absolute atomic E-state index is 11.4. The van der Waals surface area contributed by atoms with Crippen LogP contribution in [-0.4, -0.2) is 30.5 Å². The molecule has 1 amide bonds. The number of hydrogen-bond acceptors (Lipinski definition) is 2. The summed E-state index contributed by atoms with van der Waals surface area (Å²) in [5.41, 5.74) is 2.54. The average Bonchev–Trinajstić information content (AvgIpc) is 3.24. The van der Waals surface area contributed by atoms with Crippen LogP contribution in [0.5, 0.6) is 0 Å². The summed E-state index contributed by atoms with van der Waals surface area (Å²) < 4.78 is 6.80. The molecule has 142 valence electrons. The Bertz CT molecular complexity index is 784. The molecule has 0 aliphatic carbocycles. The zero-order valence-electron chi connectivity index (χ0n) is 15.9. The molecule has 28 heavy (non-hydrogen) atoms. The van der Waals surface area contributed by atoms with Gasteiger partial charge in [0.05, 0.1) is 12.6 Å². The lowest BCUT2D eigenvalue weighted by Gasteiger charge is -2.37. The van der Waals surface area contributed by atoms with Crippen LogP contribution >= 0.6 is 0 Å². The largest absolute Gasteiger partial charge is 0.359 e. The number of carbonyl (C=O) groups excluding carboxylic acids is 1. The van der Waals surface area contributed by atoms with Gasteiger partial charge in [-0.2, -0.15) is 0 Å². The van der Waals surface area contributed by atoms with Gasteiger partial charge in [-0.05, 0) is 29.5 Å². The highest BCUT2D eigenvalue weighted by Gasteiger charge is 2.39. The fraction of sp³-hybridized carbons (Fsp3) is 0.240. The predicted octanol–water partition coefficient (Wildman–Crippen LogP) is 4.62. The molecule has 4 rings (SSSR count). The molecular weight excluding hydrogens is 346 g/mol. The van der Waals surface area contributed by atoms with Gasteiger partial charge < -0.3 is 9.64 Å². The average molecular weight is 371 g/mol. The number of nitrogens with zero attached hydrogens (tertiary/aromatic N) is 1. The third-order valence-electron chi connectivity index (χ3n) is 5.59. The summed E-state index contributed by atoms with van der Waals surface area (Å²) in [6, 6.07) is 31.2. The first-order chi connectivity index (χ1) is 13.8. The van der Waals surface area contributed by atoms with Crippen molar-refractivity contribution in [1.82, 2.24) is 4.90 Å². The van der Waals surface area contributed by atoms with Crippen LogP contribution in [0, 0.1) is 0 Å². The van der Waals surface area contributed by atoms with Gasteiger partial charge >= 0.3 is 0 Å². The minimum absolute atomic E-state index is 0.119. The van der Waals surface area contributed by atoms with Crippen LogP contribution in [0.3, 0.4) is 0 Å². The summed E-state index contributed by atoms with van der Waals surface area (Å²) in [6.07, 6.45) is 2.96. The maximum atomic E-state index is 11.4.